The minimum Gasteiger partial charge on any atom is -0.374 e. The van der Waals surface area contributed by atoms with Crippen molar-refractivity contribution >= 4 is 5.91 Å². The van der Waals surface area contributed by atoms with Crippen LogP contribution < -0.4 is 5.32 Å². The Kier molecular flexibility index (Phi) is 7.85. The SMILES string of the molecule is CC(C)CC#Cc1cn([C@H](C)C[C@@H]2CC[C@H]([C@@H](C)C(=O)NC(C)C)O2)nn1. The molecule has 0 radical (unpaired) electrons. The summed E-state index contributed by atoms with van der Waals surface area (Å²) in [5, 5.41) is 11.3. The van der Waals surface area contributed by atoms with Crippen molar-refractivity contribution in [3.05, 3.63) is 11.9 Å². The lowest BCUT2D eigenvalue weighted by Gasteiger charge is -2.22. The van der Waals surface area contributed by atoms with Gasteiger partial charge in [-0.3, -0.25) is 4.79 Å². The average Bonchev–Trinajstić information content (AvgIpc) is 3.22. The van der Waals surface area contributed by atoms with Gasteiger partial charge in [-0.1, -0.05) is 31.9 Å². The van der Waals surface area contributed by atoms with E-state index < -0.39 is 0 Å². The summed E-state index contributed by atoms with van der Waals surface area (Å²) in [5.74, 6) is 6.72. The molecule has 0 bridgehead atoms. The smallest absolute Gasteiger partial charge is 0.225 e. The fraction of sp³-hybridized carbons (Fsp3) is 0.762. The molecule has 150 valence electrons. The number of amides is 1. The maximum Gasteiger partial charge on any atom is 0.225 e. The van der Waals surface area contributed by atoms with E-state index in [1.165, 1.54) is 0 Å². The van der Waals surface area contributed by atoms with Crippen LogP contribution in [0.15, 0.2) is 6.20 Å². The average molecular weight is 375 g/mol. The minimum absolute atomic E-state index is 0.00541. The molecule has 4 atom stereocenters. The van der Waals surface area contributed by atoms with Crippen LogP contribution in [0.5, 0.6) is 0 Å². The van der Waals surface area contributed by atoms with E-state index >= 15 is 0 Å². The van der Waals surface area contributed by atoms with Crippen molar-refractivity contribution in [2.45, 2.75) is 91.5 Å². The molecular weight excluding hydrogens is 340 g/mol. The summed E-state index contributed by atoms with van der Waals surface area (Å²) in [6, 6.07) is 0.337. The molecule has 27 heavy (non-hydrogen) atoms. The Hall–Kier alpha value is -1.87. The van der Waals surface area contributed by atoms with Gasteiger partial charge in [0.05, 0.1) is 30.4 Å². The number of hydrogen-bond acceptors (Lipinski definition) is 4. The summed E-state index contributed by atoms with van der Waals surface area (Å²) in [5.41, 5.74) is 0.715. The Morgan fingerprint density at radius 3 is 2.70 bits per heavy atom. The highest BCUT2D eigenvalue weighted by molar-refractivity contribution is 5.79. The Morgan fingerprint density at radius 1 is 1.30 bits per heavy atom. The van der Waals surface area contributed by atoms with Gasteiger partial charge in [0.15, 0.2) is 5.69 Å². The van der Waals surface area contributed by atoms with Gasteiger partial charge in [-0.25, -0.2) is 4.68 Å². The van der Waals surface area contributed by atoms with E-state index in [2.05, 4.69) is 48.2 Å². The molecule has 0 aromatic carbocycles. The second kappa shape index (κ2) is 9.89. The van der Waals surface area contributed by atoms with E-state index in [0.29, 0.717) is 11.6 Å². The predicted octanol–water partition coefficient (Wildman–Crippen LogP) is 3.34. The quantitative estimate of drug-likeness (QED) is 0.743. The van der Waals surface area contributed by atoms with E-state index in [1.807, 2.05) is 31.6 Å². The molecule has 1 amide bonds. The van der Waals surface area contributed by atoms with Gasteiger partial charge in [0.25, 0.3) is 0 Å². The third-order valence-electron chi connectivity index (χ3n) is 4.84. The molecule has 1 aliphatic rings. The lowest BCUT2D eigenvalue weighted by Crippen LogP contribution is -2.39. The van der Waals surface area contributed by atoms with Crippen molar-refractivity contribution in [2.24, 2.45) is 11.8 Å². The van der Waals surface area contributed by atoms with Gasteiger partial charge in [-0.2, -0.15) is 0 Å². The summed E-state index contributed by atoms with van der Waals surface area (Å²) in [6.07, 6.45) is 5.67. The molecule has 1 aromatic rings. The third-order valence-corrected chi connectivity index (χ3v) is 4.84. The molecule has 0 saturated carbocycles. The third kappa shape index (κ3) is 6.66. The molecule has 0 unspecified atom stereocenters. The molecule has 2 heterocycles. The van der Waals surface area contributed by atoms with Crippen LogP contribution in [0.1, 0.15) is 79.0 Å². The lowest BCUT2D eigenvalue weighted by molar-refractivity contribution is -0.129. The van der Waals surface area contributed by atoms with Gasteiger partial charge < -0.3 is 10.1 Å². The van der Waals surface area contributed by atoms with Crippen molar-refractivity contribution in [3.63, 3.8) is 0 Å². The van der Waals surface area contributed by atoms with Crippen LogP contribution in [-0.4, -0.2) is 39.2 Å². The van der Waals surface area contributed by atoms with Gasteiger partial charge >= 0.3 is 0 Å². The van der Waals surface area contributed by atoms with Crippen LogP contribution in [-0.2, 0) is 9.53 Å². The molecule has 6 nitrogen and oxygen atoms in total. The van der Waals surface area contributed by atoms with Crippen molar-refractivity contribution in [3.8, 4) is 11.8 Å². The van der Waals surface area contributed by atoms with E-state index in [9.17, 15) is 4.79 Å². The summed E-state index contributed by atoms with van der Waals surface area (Å²) < 4.78 is 8.03. The molecular formula is C21H34N4O2. The van der Waals surface area contributed by atoms with Crippen LogP contribution >= 0.6 is 0 Å². The first-order chi connectivity index (χ1) is 12.8. The molecule has 0 aliphatic carbocycles. The molecule has 6 heteroatoms. The van der Waals surface area contributed by atoms with Crippen molar-refractivity contribution in [2.75, 3.05) is 0 Å². The number of aromatic nitrogens is 3. The second-order valence-corrected chi connectivity index (χ2v) is 8.39. The van der Waals surface area contributed by atoms with E-state index in [1.54, 1.807) is 0 Å². The number of rotatable bonds is 7. The number of ether oxygens (including phenoxy) is 1. The maximum absolute atomic E-state index is 12.2. The Morgan fingerprint density at radius 2 is 2.04 bits per heavy atom. The number of carbonyl (C=O) groups is 1. The van der Waals surface area contributed by atoms with Gasteiger partial charge in [-0.05, 0) is 51.9 Å². The van der Waals surface area contributed by atoms with Crippen LogP contribution in [0, 0.1) is 23.7 Å². The number of carbonyl (C=O) groups excluding carboxylic acids is 1. The van der Waals surface area contributed by atoms with Crippen molar-refractivity contribution in [1.29, 1.82) is 0 Å². The molecule has 1 N–H and O–H groups in total. The summed E-state index contributed by atoms with van der Waals surface area (Å²) in [4.78, 5) is 12.2. The molecule has 1 aliphatic heterocycles. The largest absolute Gasteiger partial charge is 0.374 e. The first-order valence-corrected chi connectivity index (χ1v) is 10.1. The molecule has 1 fully saturated rings. The fourth-order valence-corrected chi connectivity index (χ4v) is 3.24. The van der Waals surface area contributed by atoms with Gasteiger partial charge in [0.2, 0.25) is 5.91 Å². The molecule has 2 rings (SSSR count). The zero-order valence-electron chi connectivity index (χ0n) is 17.5. The minimum atomic E-state index is -0.123. The first-order valence-electron chi connectivity index (χ1n) is 10.1. The summed E-state index contributed by atoms with van der Waals surface area (Å²) in [7, 11) is 0. The zero-order valence-corrected chi connectivity index (χ0v) is 17.5. The number of hydrogen-bond donors (Lipinski definition) is 1. The second-order valence-electron chi connectivity index (χ2n) is 8.39. The molecule has 1 aromatic heterocycles. The lowest BCUT2D eigenvalue weighted by atomic mass is 10.00. The van der Waals surface area contributed by atoms with Gasteiger partial charge in [-0.15, -0.1) is 5.10 Å². The Balaban J connectivity index is 1.84. The summed E-state index contributed by atoms with van der Waals surface area (Å²) >= 11 is 0. The van der Waals surface area contributed by atoms with E-state index in [4.69, 9.17) is 4.74 Å². The molecule has 0 spiro atoms. The van der Waals surface area contributed by atoms with E-state index in [0.717, 1.165) is 25.7 Å². The maximum atomic E-state index is 12.2. The monoisotopic (exact) mass is 374 g/mol. The summed E-state index contributed by atoms with van der Waals surface area (Å²) in [6.45, 7) is 12.3. The highest BCUT2D eigenvalue weighted by Gasteiger charge is 2.33. The topological polar surface area (TPSA) is 69.0 Å². The fourth-order valence-electron chi connectivity index (χ4n) is 3.24. The number of nitrogens with zero attached hydrogens (tertiary/aromatic N) is 3. The first kappa shape index (κ1) is 21.4. The van der Waals surface area contributed by atoms with Crippen LogP contribution in [0.25, 0.3) is 0 Å². The molecule has 1 saturated heterocycles. The van der Waals surface area contributed by atoms with Gasteiger partial charge in [0.1, 0.15) is 0 Å². The Bertz CT molecular complexity index is 671. The highest BCUT2D eigenvalue weighted by atomic mass is 16.5. The van der Waals surface area contributed by atoms with Crippen molar-refractivity contribution in [1.82, 2.24) is 20.3 Å². The predicted molar refractivity (Wildman–Crippen MR) is 106 cm³/mol. The highest BCUT2D eigenvalue weighted by Crippen LogP contribution is 2.30. The Labute approximate surface area is 163 Å². The van der Waals surface area contributed by atoms with Crippen molar-refractivity contribution < 1.29 is 9.53 Å². The van der Waals surface area contributed by atoms with Crippen LogP contribution in [0.2, 0.25) is 0 Å². The van der Waals surface area contributed by atoms with Gasteiger partial charge in [0, 0.05) is 12.5 Å². The normalized spacial score (nSPS) is 21.8. The van der Waals surface area contributed by atoms with Crippen LogP contribution in [0.3, 0.4) is 0 Å². The van der Waals surface area contributed by atoms with Crippen LogP contribution in [0.4, 0.5) is 0 Å². The standard InChI is InChI=1S/C21H34N4O2/c1-14(2)8-7-9-18-13-25(24-23-18)16(5)12-19-10-11-20(27-19)17(6)21(26)22-15(3)4/h13-17,19-20H,8,10-12H2,1-6H3,(H,22,26)/t16-,17-,19+,20-/m1/s1. The number of nitrogens with one attached hydrogen (secondary N) is 1. The van der Waals surface area contributed by atoms with E-state index in [-0.39, 0.29) is 36.1 Å². The zero-order chi connectivity index (χ0) is 20.0.